The minimum Gasteiger partial charge on any atom is -0.372 e. The highest BCUT2D eigenvalue weighted by Crippen LogP contribution is 2.26. The van der Waals surface area contributed by atoms with Crippen LogP contribution in [0.4, 0.5) is 11.4 Å². The molecule has 1 aromatic heterocycles. The van der Waals surface area contributed by atoms with Gasteiger partial charge in [-0.1, -0.05) is 36.4 Å². The third kappa shape index (κ3) is 5.62. The second-order valence-electron chi connectivity index (χ2n) is 9.18. The van der Waals surface area contributed by atoms with Crippen molar-refractivity contribution in [3.8, 4) is 0 Å². The van der Waals surface area contributed by atoms with E-state index in [9.17, 15) is 19.2 Å². The Morgan fingerprint density at radius 2 is 1.51 bits per heavy atom. The normalized spacial score (nSPS) is 10.9. The fourth-order valence-corrected chi connectivity index (χ4v) is 4.89. The molecule has 39 heavy (non-hydrogen) atoms. The number of carbonyl (C=O) groups excluding carboxylic acids is 3. The minimum absolute atomic E-state index is 0.0985. The lowest BCUT2D eigenvalue weighted by atomic mass is 9.98. The summed E-state index contributed by atoms with van der Waals surface area (Å²) >= 11 is 0. The van der Waals surface area contributed by atoms with Crippen molar-refractivity contribution in [2.75, 3.05) is 29.4 Å². The molecule has 2 amide bonds. The number of primary amides is 1. The first-order valence-corrected chi connectivity index (χ1v) is 13.1. The lowest BCUT2D eigenvalue weighted by Gasteiger charge is -2.24. The largest absolute Gasteiger partial charge is 0.372 e. The molecule has 202 valence electrons. The van der Waals surface area contributed by atoms with Crippen molar-refractivity contribution < 1.29 is 14.4 Å². The Kier molecular flexibility index (Phi) is 8.29. The summed E-state index contributed by atoms with van der Waals surface area (Å²) in [6, 6.07) is 19.5. The van der Waals surface area contributed by atoms with Gasteiger partial charge in [0.15, 0.2) is 5.78 Å². The SMILES string of the molecule is CCN(CC)c1ccc(N(CC(N)=O)C(=O)Cc2ccc(C(=O)c3ccccc3)c3[nH]c(=O)n(CC)c23)cc1. The number of H-pyrrole nitrogens is 1. The number of ketones is 1. The van der Waals surface area contributed by atoms with Crippen LogP contribution in [-0.2, 0) is 22.6 Å². The monoisotopic (exact) mass is 527 g/mol. The first-order valence-electron chi connectivity index (χ1n) is 13.1. The number of nitrogens with zero attached hydrogens (tertiary/aromatic N) is 3. The van der Waals surface area contributed by atoms with Gasteiger partial charge in [0.1, 0.15) is 6.54 Å². The van der Waals surface area contributed by atoms with Crippen molar-refractivity contribution in [2.24, 2.45) is 5.73 Å². The number of benzene rings is 3. The van der Waals surface area contributed by atoms with E-state index in [1.807, 2.05) is 25.1 Å². The van der Waals surface area contributed by atoms with E-state index in [1.54, 1.807) is 48.5 Å². The van der Waals surface area contributed by atoms with Gasteiger partial charge in [-0.15, -0.1) is 0 Å². The van der Waals surface area contributed by atoms with Crippen molar-refractivity contribution in [1.82, 2.24) is 9.55 Å². The standard InChI is InChI=1S/C30H33N5O4/c1-4-33(5-2)22-13-15-23(16-14-22)35(19-25(31)36)26(37)18-21-12-17-24(29(38)20-10-8-7-9-11-20)27-28(21)34(6-3)30(39)32-27/h7-17H,4-6,18-19H2,1-3H3,(H2,31,36)(H,32,39). The fourth-order valence-electron chi connectivity index (χ4n) is 4.89. The van der Waals surface area contributed by atoms with Crippen LogP contribution in [0.25, 0.3) is 11.0 Å². The maximum absolute atomic E-state index is 13.6. The van der Waals surface area contributed by atoms with E-state index in [0.717, 1.165) is 18.8 Å². The quantitative estimate of drug-likeness (QED) is 0.289. The number of amides is 2. The Bertz CT molecular complexity index is 1550. The molecule has 1 heterocycles. The van der Waals surface area contributed by atoms with Crippen LogP contribution >= 0.6 is 0 Å². The van der Waals surface area contributed by atoms with Gasteiger partial charge < -0.3 is 20.5 Å². The number of rotatable bonds is 11. The molecule has 0 bridgehead atoms. The summed E-state index contributed by atoms with van der Waals surface area (Å²) < 4.78 is 1.51. The molecule has 0 aliphatic carbocycles. The fraction of sp³-hybridized carbons (Fsp3) is 0.267. The van der Waals surface area contributed by atoms with Crippen LogP contribution in [-0.4, -0.2) is 46.8 Å². The molecule has 0 saturated heterocycles. The first-order chi connectivity index (χ1) is 18.8. The summed E-state index contributed by atoms with van der Waals surface area (Å²) in [7, 11) is 0. The molecule has 9 heteroatoms. The molecule has 0 radical (unpaired) electrons. The van der Waals surface area contributed by atoms with Crippen LogP contribution in [0, 0.1) is 0 Å². The minimum atomic E-state index is -0.641. The number of imidazole rings is 1. The van der Waals surface area contributed by atoms with Gasteiger partial charge >= 0.3 is 5.69 Å². The molecule has 0 atom stereocenters. The van der Waals surface area contributed by atoms with Gasteiger partial charge in [0.05, 0.1) is 17.5 Å². The lowest BCUT2D eigenvalue weighted by molar-refractivity contribution is -0.122. The number of aryl methyl sites for hydroxylation is 1. The number of fused-ring (bicyclic) bond motifs is 1. The second-order valence-corrected chi connectivity index (χ2v) is 9.18. The van der Waals surface area contributed by atoms with Gasteiger partial charge in [0.25, 0.3) is 0 Å². The Hall–Kier alpha value is -4.66. The van der Waals surface area contributed by atoms with Crippen molar-refractivity contribution in [1.29, 1.82) is 0 Å². The van der Waals surface area contributed by atoms with Crippen molar-refractivity contribution in [2.45, 2.75) is 33.7 Å². The molecule has 4 rings (SSSR count). The molecule has 0 aliphatic heterocycles. The maximum atomic E-state index is 13.6. The van der Waals surface area contributed by atoms with E-state index in [-0.39, 0.29) is 30.3 Å². The van der Waals surface area contributed by atoms with Crippen LogP contribution < -0.4 is 21.2 Å². The van der Waals surface area contributed by atoms with E-state index >= 15 is 0 Å². The van der Waals surface area contributed by atoms with Crippen LogP contribution in [0.3, 0.4) is 0 Å². The van der Waals surface area contributed by atoms with E-state index < -0.39 is 5.91 Å². The third-order valence-corrected chi connectivity index (χ3v) is 6.85. The van der Waals surface area contributed by atoms with Gasteiger partial charge in [-0.25, -0.2) is 4.79 Å². The molecule has 4 aromatic rings. The number of nitrogens with two attached hydrogens (primary N) is 1. The molecule has 0 unspecified atom stereocenters. The number of aromatic amines is 1. The summed E-state index contributed by atoms with van der Waals surface area (Å²) in [4.78, 5) is 57.9. The van der Waals surface area contributed by atoms with Crippen molar-refractivity contribution >= 4 is 40.0 Å². The number of hydrogen-bond donors (Lipinski definition) is 2. The molecule has 0 saturated carbocycles. The van der Waals surface area contributed by atoms with Crippen LogP contribution in [0.15, 0.2) is 71.5 Å². The number of nitrogens with one attached hydrogen (secondary N) is 1. The predicted molar refractivity (Wildman–Crippen MR) is 153 cm³/mol. The van der Waals surface area contributed by atoms with Crippen LogP contribution in [0.1, 0.15) is 42.3 Å². The molecule has 9 nitrogen and oxygen atoms in total. The van der Waals surface area contributed by atoms with E-state index in [1.165, 1.54) is 9.47 Å². The van der Waals surface area contributed by atoms with Crippen molar-refractivity contribution in [3.05, 3.63) is 93.9 Å². The van der Waals surface area contributed by atoms with Gasteiger partial charge in [-0.3, -0.25) is 19.0 Å². The summed E-state index contributed by atoms with van der Waals surface area (Å²) in [6.07, 6.45) is -0.0985. The number of anilines is 2. The van der Waals surface area contributed by atoms with Gasteiger partial charge in [-0.2, -0.15) is 0 Å². The molecule has 0 fully saturated rings. The third-order valence-electron chi connectivity index (χ3n) is 6.85. The molecule has 3 N–H and O–H groups in total. The second kappa shape index (κ2) is 11.8. The average molecular weight is 528 g/mol. The number of aromatic nitrogens is 2. The first kappa shape index (κ1) is 27.4. The zero-order valence-electron chi connectivity index (χ0n) is 22.4. The summed E-state index contributed by atoms with van der Waals surface area (Å²) in [5, 5.41) is 0. The molecular weight excluding hydrogens is 494 g/mol. The Morgan fingerprint density at radius 1 is 0.872 bits per heavy atom. The highest BCUT2D eigenvalue weighted by molar-refractivity contribution is 6.16. The topological polar surface area (TPSA) is 122 Å². The maximum Gasteiger partial charge on any atom is 0.326 e. The molecule has 0 spiro atoms. The Labute approximate surface area is 226 Å². The summed E-state index contributed by atoms with van der Waals surface area (Å²) in [6.45, 7) is 7.70. The molecule has 3 aromatic carbocycles. The van der Waals surface area contributed by atoms with E-state index in [2.05, 4.69) is 23.7 Å². The van der Waals surface area contributed by atoms with Crippen molar-refractivity contribution in [3.63, 3.8) is 0 Å². The summed E-state index contributed by atoms with van der Waals surface area (Å²) in [5.41, 5.74) is 8.97. The number of hydrogen-bond acceptors (Lipinski definition) is 5. The Morgan fingerprint density at radius 3 is 2.10 bits per heavy atom. The van der Waals surface area contributed by atoms with Gasteiger partial charge in [0.2, 0.25) is 11.8 Å². The number of carbonyl (C=O) groups is 3. The highest BCUT2D eigenvalue weighted by atomic mass is 16.2. The zero-order valence-corrected chi connectivity index (χ0v) is 22.4. The summed E-state index contributed by atoms with van der Waals surface area (Å²) in [5.74, 6) is -1.23. The van der Waals surface area contributed by atoms with Crippen LogP contribution in [0.2, 0.25) is 0 Å². The van der Waals surface area contributed by atoms with E-state index in [0.29, 0.717) is 40.0 Å². The lowest BCUT2D eigenvalue weighted by Crippen LogP contribution is -2.39. The van der Waals surface area contributed by atoms with Gasteiger partial charge in [-0.05, 0) is 56.7 Å². The predicted octanol–water partition coefficient (Wildman–Crippen LogP) is 3.49. The van der Waals surface area contributed by atoms with Crippen LogP contribution in [0.5, 0.6) is 0 Å². The zero-order chi connectivity index (χ0) is 28.1. The molecular formula is C30H33N5O4. The average Bonchev–Trinajstić information content (AvgIpc) is 3.29. The van der Waals surface area contributed by atoms with Gasteiger partial charge in [0, 0.05) is 42.1 Å². The van der Waals surface area contributed by atoms with E-state index in [4.69, 9.17) is 5.73 Å². The molecule has 0 aliphatic rings. The smallest absolute Gasteiger partial charge is 0.326 e. The highest BCUT2D eigenvalue weighted by Gasteiger charge is 2.24. The Balaban J connectivity index is 1.73.